The summed E-state index contributed by atoms with van der Waals surface area (Å²) < 4.78 is 11.0. The fourth-order valence-electron chi connectivity index (χ4n) is 4.96. The minimum atomic E-state index is 0.0562. The van der Waals surface area contributed by atoms with Crippen LogP contribution in [-0.4, -0.2) is 48.0 Å². The Balaban J connectivity index is 1.54. The average molecular weight is 484 g/mol. The molecule has 5 rings (SSSR count). The molecule has 0 saturated carbocycles. The van der Waals surface area contributed by atoms with Crippen LogP contribution in [0, 0.1) is 0 Å². The Hall–Kier alpha value is -3.77. The van der Waals surface area contributed by atoms with Gasteiger partial charge in [-0.3, -0.25) is 4.90 Å². The zero-order valence-corrected chi connectivity index (χ0v) is 21.0. The Morgan fingerprint density at radius 2 is 1.56 bits per heavy atom. The summed E-state index contributed by atoms with van der Waals surface area (Å²) in [6.45, 7) is 3.32. The smallest absolute Gasteiger partial charge is 0.199 e. The van der Waals surface area contributed by atoms with Crippen LogP contribution in [0.25, 0.3) is 10.9 Å². The lowest BCUT2D eigenvalue weighted by Gasteiger charge is -2.19. The lowest BCUT2D eigenvalue weighted by molar-refractivity contribution is 0.277. The van der Waals surface area contributed by atoms with Gasteiger partial charge in [0.05, 0.1) is 36.7 Å². The molecule has 0 amide bonds. The summed E-state index contributed by atoms with van der Waals surface area (Å²) in [5.41, 5.74) is 5.11. The van der Waals surface area contributed by atoms with Crippen molar-refractivity contribution in [2.24, 2.45) is 4.99 Å². The maximum absolute atomic E-state index is 11.0. The van der Waals surface area contributed by atoms with Gasteiger partial charge >= 0.3 is 0 Å². The molecule has 0 unspecified atom stereocenters. The number of rotatable bonds is 7. The van der Waals surface area contributed by atoms with Gasteiger partial charge in [0, 0.05) is 23.6 Å². The van der Waals surface area contributed by atoms with E-state index in [1.54, 1.807) is 14.2 Å². The van der Waals surface area contributed by atoms with E-state index in [9.17, 15) is 5.11 Å². The SMILES string of the molecule is COc1cc2[nH]c(O)c(C(=Nc3ccc(CN4CCCCCC4)cc3)c3ccccc3)c2cc1OC. The summed E-state index contributed by atoms with van der Waals surface area (Å²) in [5, 5.41) is 11.8. The lowest BCUT2D eigenvalue weighted by atomic mass is 10.0. The van der Waals surface area contributed by atoms with Gasteiger partial charge < -0.3 is 19.6 Å². The van der Waals surface area contributed by atoms with Gasteiger partial charge in [-0.2, -0.15) is 0 Å². The van der Waals surface area contributed by atoms with Gasteiger partial charge in [0.15, 0.2) is 17.4 Å². The molecular weight excluding hydrogens is 450 g/mol. The molecule has 4 aromatic rings. The average Bonchev–Trinajstić information content (AvgIpc) is 3.05. The van der Waals surface area contributed by atoms with Crippen molar-refractivity contribution in [2.75, 3.05) is 27.3 Å². The maximum atomic E-state index is 11.0. The van der Waals surface area contributed by atoms with Crippen molar-refractivity contribution in [3.8, 4) is 17.4 Å². The van der Waals surface area contributed by atoms with Crippen LogP contribution in [0.3, 0.4) is 0 Å². The molecule has 6 heteroatoms. The van der Waals surface area contributed by atoms with Crippen LogP contribution in [0.4, 0.5) is 5.69 Å². The van der Waals surface area contributed by atoms with Crippen molar-refractivity contribution in [1.82, 2.24) is 9.88 Å². The molecule has 1 aliphatic heterocycles. The predicted octanol–water partition coefficient (Wildman–Crippen LogP) is 6.44. The van der Waals surface area contributed by atoms with E-state index in [0.717, 1.165) is 28.7 Å². The van der Waals surface area contributed by atoms with Crippen molar-refractivity contribution in [2.45, 2.75) is 32.2 Å². The number of hydrogen-bond donors (Lipinski definition) is 2. The molecule has 1 fully saturated rings. The van der Waals surface area contributed by atoms with E-state index in [0.29, 0.717) is 22.8 Å². The summed E-state index contributed by atoms with van der Waals surface area (Å²) in [5.74, 6) is 1.24. The predicted molar refractivity (Wildman–Crippen MR) is 145 cm³/mol. The van der Waals surface area contributed by atoms with Gasteiger partial charge in [0.2, 0.25) is 0 Å². The molecule has 0 aliphatic carbocycles. The number of aliphatic imine (C=N–C) groups is 1. The van der Waals surface area contributed by atoms with Gasteiger partial charge in [0.1, 0.15) is 0 Å². The number of methoxy groups -OCH3 is 2. The largest absolute Gasteiger partial charge is 0.494 e. The zero-order chi connectivity index (χ0) is 24.9. The Bertz CT molecular complexity index is 1340. The summed E-state index contributed by atoms with van der Waals surface area (Å²) in [6, 6.07) is 22.1. The van der Waals surface area contributed by atoms with E-state index in [4.69, 9.17) is 14.5 Å². The first kappa shape index (κ1) is 23.9. The van der Waals surface area contributed by atoms with Crippen LogP contribution in [0.1, 0.15) is 42.4 Å². The second-order valence-corrected chi connectivity index (χ2v) is 9.28. The van der Waals surface area contributed by atoms with Gasteiger partial charge in [-0.15, -0.1) is 0 Å². The highest BCUT2D eigenvalue weighted by atomic mass is 16.5. The third kappa shape index (κ3) is 5.09. The number of nitrogens with zero attached hydrogens (tertiary/aromatic N) is 2. The first-order chi connectivity index (χ1) is 17.7. The lowest BCUT2D eigenvalue weighted by Crippen LogP contribution is -2.23. The van der Waals surface area contributed by atoms with Crippen molar-refractivity contribution in [1.29, 1.82) is 0 Å². The molecule has 186 valence electrons. The minimum Gasteiger partial charge on any atom is -0.494 e. The van der Waals surface area contributed by atoms with Crippen LogP contribution in [0.15, 0.2) is 71.7 Å². The van der Waals surface area contributed by atoms with E-state index in [1.165, 1.54) is 44.3 Å². The third-order valence-corrected chi connectivity index (χ3v) is 6.85. The molecule has 0 atom stereocenters. The monoisotopic (exact) mass is 483 g/mol. The highest BCUT2D eigenvalue weighted by Gasteiger charge is 2.21. The summed E-state index contributed by atoms with van der Waals surface area (Å²) in [7, 11) is 3.20. The highest BCUT2D eigenvalue weighted by Crippen LogP contribution is 2.38. The minimum absolute atomic E-state index is 0.0562. The molecule has 36 heavy (non-hydrogen) atoms. The van der Waals surface area contributed by atoms with Crippen molar-refractivity contribution in [3.63, 3.8) is 0 Å². The summed E-state index contributed by atoms with van der Waals surface area (Å²) in [4.78, 5) is 10.7. The topological polar surface area (TPSA) is 70.1 Å². The fourth-order valence-corrected chi connectivity index (χ4v) is 4.96. The Morgan fingerprint density at radius 3 is 2.22 bits per heavy atom. The first-order valence-electron chi connectivity index (χ1n) is 12.6. The van der Waals surface area contributed by atoms with Crippen molar-refractivity contribution < 1.29 is 14.6 Å². The molecule has 0 radical (unpaired) electrons. The second kappa shape index (κ2) is 10.9. The Kier molecular flexibility index (Phi) is 7.23. The number of aromatic hydroxyl groups is 1. The van der Waals surface area contributed by atoms with Gasteiger partial charge in [-0.05, 0) is 49.7 Å². The number of ether oxygens (including phenoxy) is 2. The number of H-pyrrole nitrogens is 1. The number of likely N-dealkylation sites (tertiary alicyclic amines) is 1. The molecule has 2 heterocycles. The molecule has 1 saturated heterocycles. The van der Waals surface area contributed by atoms with Crippen LogP contribution in [-0.2, 0) is 6.54 Å². The molecule has 6 nitrogen and oxygen atoms in total. The van der Waals surface area contributed by atoms with Crippen LogP contribution < -0.4 is 9.47 Å². The maximum Gasteiger partial charge on any atom is 0.199 e. The number of nitrogens with one attached hydrogen (secondary N) is 1. The molecule has 1 aromatic heterocycles. The van der Waals surface area contributed by atoms with Crippen molar-refractivity contribution in [3.05, 3.63) is 83.4 Å². The molecule has 1 aliphatic rings. The van der Waals surface area contributed by atoms with E-state index in [2.05, 4.69) is 34.1 Å². The number of aromatic nitrogens is 1. The Morgan fingerprint density at radius 1 is 0.889 bits per heavy atom. The highest BCUT2D eigenvalue weighted by molar-refractivity contribution is 6.22. The van der Waals surface area contributed by atoms with E-state index in [-0.39, 0.29) is 5.88 Å². The fraction of sp³-hybridized carbons (Fsp3) is 0.300. The van der Waals surface area contributed by atoms with E-state index in [1.807, 2.05) is 42.5 Å². The normalized spacial score (nSPS) is 15.1. The number of aromatic amines is 1. The van der Waals surface area contributed by atoms with Gasteiger partial charge in [-0.25, -0.2) is 4.99 Å². The Labute approximate surface area is 212 Å². The summed E-state index contributed by atoms with van der Waals surface area (Å²) >= 11 is 0. The van der Waals surface area contributed by atoms with Crippen LogP contribution in [0.2, 0.25) is 0 Å². The van der Waals surface area contributed by atoms with E-state index < -0.39 is 0 Å². The van der Waals surface area contributed by atoms with Gasteiger partial charge in [0.25, 0.3) is 0 Å². The molecule has 2 N–H and O–H groups in total. The standard InChI is InChI=1S/C30H33N3O3/c1-35-26-18-24-25(19-27(26)36-2)32-30(34)28(24)29(22-10-6-5-7-11-22)31-23-14-12-21(13-15-23)20-33-16-8-3-4-9-17-33/h5-7,10-15,18-19,32,34H,3-4,8-9,16-17,20H2,1-2H3. The third-order valence-electron chi connectivity index (χ3n) is 6.85. The molecular formula is C30H33N3O3. The van der Waals surface area contributed by atoms with Crippen LogP contribution >= 0.6 is 0 Å². The first-order valence-corrected chi connectivity index (χ1v) is 12.6. The van der Waals surface area contributed by atoms with Gasteiger partial charge in [-0.1, -0.05) is 55.3 Å². The molecule has 0 bridgehead atoms. The van der Waals surface area contributed by atoms with Crippen molar-refractivity contribution >= 4 is 22.3 Å². The van der Waals surface area contributed by atoms with Crippen LogP contribution in [0.5, 0.6) is 17.4 Å². The summed E-state index contributed by atoms with van der Waals surface area (Å²) in [6.07, 6.45) is 5.25. The quantitative estimate of drug-likeness (QED) is 0.297. The number of fused-ring (bicyclic) bond motifs is 1. The van der Waals surface area contributed by atoms with E-state index >= 15 is 0 Å². The number of hydrogen-bond acceptors (Lipinski definition) is 5. The number of benzene rings is 3. The zero-order valence-electron chi connectivity index (χ0n) is 21.0. The second-order valence-electron chi connectivity index (χ2n) is 9.28. The molecule has 3 aromatic carbocycles. The molecule has 0 spiro atoms.